The number of nitrogens with one attached hydrogen (secondary N) is 1. The van der Waals surface area contributed by atoms with Gasteiger partial charge in [0.25, 0.3) is 5.91 Å². The van der Waals surface area contributed by atoms with Crippen LogP contribution in [0.4, 0.5) is 0 Å². The van der Waals surface area contributed by atoms with E-state index in [9.17, 15) is 9.59 Å². The van der Waals surface area contributed by atoms with Crippen molar-refractivity contribution in [2.24, 2.45) is 0 Å². The number of aryl methyl sites for hydroxylation is 2. The molecule has 20 heavy (non-hydrogen) atoms. The van der Waals surface area contributed by atoms with Crippen molar-refractivity contribution in [2.45, 2.75) is 51.2 Å². The van der Waals surface area contributed by atoms with Crippen molar-refractivity contribution >= 4 is 11.9 Å². The molecule has 1 aromatic carbocycles. The van der Waals surface area contributed by atoms with Gasteiger partial charge < -0.3 is 10.1 Å². The summed E-state index contributed by atoms with van der Waals surface area (Å²) in [4.78, 5) is 23.8. The largest absolute Gasteiger partial charge is 0.449 e. The SMILES string of the molecule is C[C@@H](OC(=O)c1ccc2c(c1)CCC2)C(=O)NC1CC1. The summed E-state index contributed by atoms with van der Waals surface area (Å²) < 4.78 is 5.24. The zero-order chi connectivity index (χ0) is 14.1. The molecule has 4 nitrogen and oxygen atoms in total. The second-order valence-corrected chi connectivity index (χ2v) is 5.67. The third kappa shape index (κ3) is 2.84. The van der Waals surface area contributed by atoms with Gasteiger partial charge in [-0.25, -0.2) is 4.79 Å². The van der Waals surface area contributed by atoms with E-state index in [-0.39, 0.29) is 11.9 Å². The number of ether oxygens (including phenoxy) is 1. The van der Waals surface area contributed by atoms with Gasteiger partial charge in [-0.1, -0.05) is 6.07 Å². The van der Waals surface area contributed by atoms with Crippen molar-refractivity contribution in [3.63, 3.8) is 0 Å². The minimum Gasteiger partial charge on any atom is -0.449 e. The summed E-state index contributed by atoms with van der Waals surface area (Å²) in [7, 11) is 0. The number of rotatable bonds is 4. The Kier molecular flexibility index (Phi) is 3.47. The molecule has 3 rings (SSSR count). The normalized spacial score (nSPS) is 18.2. The highest BCUT2D eigenvalue weighted by Gasteiger charge is 2.27. The lowest BCUT2D eigenvalue weighted by Gasteiger charge is -2.13. The van der Waals surface area contributed by atoms with E-state index in [0.29, 0.717) is 5.56 Å². The lowest BCUT2D eigenvalue weighted by atomic mass is 10.1. The molecular formula is C16H19NO3. The zero-order valence-electron chi connectivity index (χ0n) is 11.6. The van der Waals surface area contributed by atoms with Crippen LogP contribution in [-0.4, -0.2) is 24.0 Å². The summed E-state index contributed by atoms with van der Waals surface area (Å²) in [6.45, 7) is 1.61. The molecule has 1 amide bonds. The molecule has 1 aromatic rings. The standard InChI is InChI=1S/C16H19NO3/c1-10(15(18)17-14-7-8-14)20-16(19)13-6-5-11-3-2-4-12(11)9-13/h5-6,9-10,14H,2-4,7-8H2,1H3,(H,17,18)/t10-/m1/s1. The molecule has 2 aliphatic carbocycles. The van der Waals surface area contributed by atoms with E-state index in [1.165, 1.54) is 11.1 Å². The highest BCUT2D eigenvalue weighted by molar-refractivity contribution is 5.92. The van der Waals surface area contributed by atoms with Crippen LogP contribution < -0.4 is 5.32 Å². The molecule has 0 aliphatic heterocycles. The fourth-order valence-electron chi connectivity index (χ4n) is 2.53. The van der Waals surface area contributed by atoms with Gasteiger partial charge in [-0.15, -0.1) is 0 Å². The fraction of sp³-hybridized carbons (Fsp3) is 0.500. The molecule has 0 radical (unpaired) electrons. The molecule has 0 bridgehead atoms. The lowest BCUT2D eigenvalue weighted by molar-refractivity contribution is -0.129. The highest BCUT2D eigenvalue weighted by atomic mass is 16.5. The predicted molar refractivity (Wildman–Crippen MR) is 74.5 cm³/mol. The van der Waals surface area contributed by atoms with Gasteiger partial charge in [0, 0.05) is 6.04 Å². The van der Waals surface area contributed by atoms with Crippen LogP contribution >= 0.6 is 0 Å². The van der Waals surface area contributed by atoms with Gasteiger partial charge in [-0.2, -0.15) is 0 Å². The molecule has 0 unspecified atom stereocenters. The van der Waals surface area contributed by atoms with Crippen LogP contribution in [0.15, 0.2) is 18.2 Å². The number of carbonyl (C=O) groups is 2. The average Bonchev–Trinajstić information content (AvgIpc) is 3.12. The van der Waals surface area contributed by atoms with Gasteiger partial charge in [-0.05, 0) is 62.3 Å². The van der Waals surface area contributed by atoms with Crippen LogP contribution in [0.5, 0.6) is 0 Å². The van der Waals surface area contributed by atoms with Crippen molar-refractivity contribution in [3.8, 4) is 0 Å². The molecule has 106 valence electrons. The third-order valence-electron chi connectivity index (χ3n) is 3.91. The number of amides is 1. The Morgan fingerprint density at radius 2 is 2.00 bits per heavy atom. The van der Waals surface area contributed by atoms with E-state index in [1.807, 2.05) is 12.1 Å². The molecule has 0 aromatic heterocycles. The molecule has 4 heteroatoms. The van der Waals surface area contributed by atoms with Crippen LogP contribution in [0.1, 0.15) is 47.7 Å². The first-order valence-electron chi connectivity index (χ1n) is 7.26. The second kappa shape index (κ2) is 5.27. The first kappa shape index (κ1) is 13.2. The number of esters is 1. The molecule has 0 spiro atoms. The van der Waals surface area contributed by atoms with Gasteiger partial charge in [0.15, 0.2) is 6.10 Å². The van der Waals surface area contributed by atoms with Gasteiger partial charge in [0.2, 0.25) is 0 Å². The first-order valence-corrected chi connectivity index (χ1v) is 7.26. The van der Waals surface area contributed by atoms with Crippen LogP contribution in [0, 0.1) is 0 Å². The van der Waals surface area contributed by atoms with Crippen LogP contribution in [0.2, 0.25) is 0 Å². The quantitative estimate of drug-likeness (QED) is 0.854. The fourth-order valence-corrected chi connectivity index (χ4v) is 2.53. The van der Waals surface area contributed by atoms with Crippen molar-refractivity contribution < 1.29 is 14.3 Å². The third-order valence-corrected chi connectivity index (χ3v) is 3.91. The van der Waals surface area contributed by atoms with Gasteiger partial charge in [0.1, 0.15) is 0 Å². The van der Waals surface area contributed by atoms with Crippen LogP contribution in [0.3, 0.4) is 0 Å². The molecular weight excluding hydrogens is 254 g/mol. The van der Waals surface area contributed by atoms with Gasteiger partial charge in [0.05, 0.1) is 5.56 Å². The zero-order valence-corrected chi connectivity index (χ0v) is 11.6. The summed E-state index contributed by atoms with van der Waals surface area (Å²) >= 11 is 0. The summed E-state index contributed by atoms with van der Waals surface area (Å²) in [6.07, 6.45) is 4.57. The summed E-state index contributed by atoms with van der Waals surface area (Å²) in [5, 5.41) is 2.84. The van der Waals surface area contributed by atoms with Crippen molar-refractivity contribution in [3.05, 3.63) is 34.9 Å². The maximum atomic E-state index is 12.1. The minimum absolute atomic E-state index is 0.206. The van der Waals surface area contributed by atoms with E-state index < -0.39 is 12.1 Å². The van der Waals surface area contributed by atoms with Crippen molar-refractivity contribution in [1.82, 2.24) is 5.32 Å². The molecule has 2 aliphatic rings. The smallest absolute Gasteiger partial charge is 0.338 e. The minimum atomic E-state index is -0.739. The number of hydrogen-bond acceptors (Lipinski definition) is 3. The van der Waals surface area contributed by atoms with Gasteiger partial charge in [-0.3, -0.25) is 4.79 Å². The Bertz CT molecular complexity index is 549. The van der Waals surface area contributed by atoms with E-state index in [2.05, 4.69) is 5.32 Å². The molecule has 1 saturated carbocycles. The first-order chi connectivity index (χ1) is 9.63. The average molecular weight is 273 g/mol. The Labute approximate surface area is 118 Å². The van der Waals surface area contributed by atoms with Gasteiger partial charge >= 0.3 is 5.97 Å². The number of carbonyl (C=O) groups excluding carboxylic acids is 2. The molecule has 1 fully saturated rings. The maximum absolute atomic E-state index is 12.1. The summed E-state index contributed by atoms with van der Waals surface area (Å²) in [5.41, 5.74) is 3.09. The van der Waals surface area contributed by atoms with E-state index in [4.69, 9.17) is 4.74 Å². The second-order valence-electron chi connectivity index (χ2n) is 5.67. The Balaban J connectivity index is 1.61. The molecule has 1 N–H and O–H groups in total. The van der Waals surface area contributed by atoms with E-state index in [0.717, 1.165) is 32.1 Å². The van der Waals surface area contributed by atoms with E-state index >= 15 is 0 Å². The Morgan fingerprint density at radius 1 is 1.25 bits per heavy atom. The van der Waals surface area contributed by atoms with E-state index in [1.54, 1.807) is 13.0 Å². The van der Waals surface area contributed by atoms with Crippen molar-refractivity contribution in [2.75, 3.05) is 0 Å². The molecule has 0 saturated heterocycles. The summed E-state index contributed by atoms with van der Waals surface area (Å²) in [6, 6.07) is 5.96. The maximum Gasteiger partial charge on any atom is 0.338 e. The highest BCUT2D eigenvalue weighted by Crippen LogP contribution is 2.23. The lowest BCUT2D eigenvalue weighted by Crippen LogP contribution is -2.37. The van der Waals surface area contributed by atoms with Crippen LogP contribution in [-0.2, 0) is 22.4 Å². The number of fused-ring (bicyclic) bond motifs is 1. The molecule has 0 heterocycles. The predicted octanol–water partition coefficient (Wildman–Crippen LogP) is 2.00. The number of benzene rings is 1. The summed E-state index contributed by atoms with van der Waals surface area (Å²) in [5.74, 6) is -0.625. The number of hydrogen-bond donors (Lipinski definition) is 1. The van der Waals surface area contributed by atoms with Crippen LogP contribution in [0.25, 0.3) is 0 Å². The monoisotopic (exact) mass is 273 g/mol. The van der Waals surface area contributed by atoms with Crippen molar-refractivity contribution in [1.29, 1.82) is 0 Å². The Hall–Kier alpha value is -1.84. The topological polar surface area (TPSA) is 55.4 Å². The molecule has 1 atom stereocenters. The Morgan fingerprint density at radius 3 is 2.75 bits per heavy atom.